The van der Waals surface area contributed by atoms with Crippen LogP contribution in [0.4, 0.5) is 13.2 Å². The predicted octanol–water partition coefficient (Wildman–Crippen LogP) is 4.12. The van der Waals surface area contributed by atoms with E-state index in [4.69, 9.17) is 5.26 Å². The van der Waals surface area contributed by atoms with Crippen molar-refractivity contribution in [1.29, 1.82) is 5.26 Å². The number of halogens is 3. The Morgan fingerprint density at radius 2 is 2.21 bits per heavy atom. The van der Waals surface area contributed by atoms with Crippen LogP contribution in [0.1, 0.15) is 30.7 Å². The Balaban J connectivity index is 1.71. The summed E-state index contributed by atoms with van der Waals surface area (Å²) in [4.78, 5) is 16.9. The Morgan fingerprint density at radius 3 is 3.00 bits per heavy atom. The van der Waals surface area contributed by atoms with Gasteiger partial charge in [0.1, 0.15) is 17.9 Å². The number of alkyl halides is 3. The summed E-state index contributed by atoms with van der Waals surface area (Å²) in [6.07, 6.45) is 2.69. The van der Waals surface area contributed by atoms with Gasteiger partial charge in [-0.1, -0.05) is 0 Å². The van der Waals surface area contributed by atoms with Gasteiger partial charge in [-0.15, -0.1) is 0 Å². The van der Waals surface area contributed by atoms with E-state index < -0.39 is 12.6 Å². The molecule has 1 atom stereocenters. The number of pyridine rings is 2. The van der Waals surface area contributed by atoms with Crippen LogP contribution in [0.3, 0.4) is 0 Å². The minimum absolute atomic E-state index is 0.0110. The van der Waals surface area contributed by atoms with Crippen LogP contribution in [0.5, 0.6) is 0 Å². The van der Waals surface area contributed by atoms with Gasteiger partial charge < -0.3 is 9.88 Å². The number of H-pyrrole nitrogens is 1. The van der Waals surface area contributed by atoms with Gasteiger partial charge in [-0.3, -0.25) is 4.98 Å². The molecule has 6 nitrogen and oxygen atoms in total. The molecule has 0 aliphatic carbocycles. The van der Waals surface area contributed by atoms with Gasteiger partial charge in [0, 0.05) is 42.2 Å². The van der Waals surface area contributed by atoms with Crippen LogP contribution in [0, 0.1) is 11.5 Å². The highest BCUT2D eigenvalue weighted by molar-refractivity contribution is 6.05. The topological polar surface area (TPSA) is 81.0 Å². The smallest absolute Gasteiger partial charge is 0.358 e. The fourth-order valence-corrected chi connectivity index (χ4v) is 3.94. The number of rotatable bonds is 2. The van der Waals surface area contributed by atoms with Gasteiger partial charge >= 0.3 is 6.18 Å². The Bertz CT molecular complexity index is 1080. The molecule has 28 heavy (non-hydrogen) atoms. The number of hydrogen-bond donors (Lipinski definition) is 1. The molecular formula is C19H17F3N6. The van der Waals surface area contributed by atoms with E-state index in [0.717, 1.165) is 40.3 Å². The molecule has 1 saturated heterocycles. The lowest BCUT2D eigenvalue weighted by molar-refractivity contribution is -0.122. The number of nitriles is 1. The summed E-state index contributed by atoms with van der Waals surface area (Å²) < 4.78 is 38.7. The molecule has 1 N–H and O–H groups in total. The van der Waals surface area contributed by atoms with Gasteiger partial charge in [-0.25, -0.2) is 4.98 Å². The quantitative estimate of drug-likeness (QED) is 0.408. The van der Waals surface area contributed by atoms with E-state index in [-0.39, 0.29) is 11.8 Å². The molecule has 4 heterocycles. The molecule has 3 aromatic heterocycles. The third-order valence-corrected chi connectivity index (χ3v) is 5.09. The molecule has 3 aromatic rings. The van der Waals surface area contributed by atoms with Crippen molar-refractivity contribution in [2.45, 2.75) is 31.4 Å². The third kappa shape index (κ3) is 3.50. The summed E-state index contributed by atoms with van der Waals surface area (Å²) in [7, 11) is 0. The van der Waals surface area contributed by atoms with Crippen LogP contribution in [0.25, 0.3) is 21.9 Å². The zero-order chi connectivity index (χ0) is 19.7. The number of amidine groups is 1. The Kier molecular flexibility index (Phi) is 4.63. The van der Waals surface area contributed by atoms with E-state index in [0.29, 0.717) is 13.1 Å². The zero-order valence-electron chi connectivity index (χ0n) is 14.9. The highest BCUT2D eigenvalue weighted by atomic mass is 19.4. The van der Waals surface area contributed by atoms with Gasteiger partial charge in [0.25, 0.3) is 0 Å². The minimum atomic E-state index is -4.41. The van der Waals surface area contributed by atoms with Crippen LogP contribution >= 0.6 is 0 Å². The van der Waals surface area contributed by atoms with Crippen molar-refractivity contribution in [3.8, 4) is 6.19 Å². The molecule has 1 aliphatic heterocycles. The van der Waals surface area contributed by atoms with Gasteiger partial charge in [0.15, 0.2) is 0 Å². The fraction of sp³-hybridized carbons (Fsp3) is 0.368. The molecule has 0 bridgehead atoms. The number of aliphatic imine (C=N–C) groups is 1. The normalized spacial score (nSPS) is 18.6. The number of nitrogens with zero attached hydrogens (tertiary/aromatic N) is 5. The molecule has 1 fully saturated rings. The van der Waals surface area contributed by atoms with Gasteiger partial charge in [0.05, 0.1) is 11.7 Å². The molecule has 0 aromatic carbocycles. The van der Waals surface area contributed by atoms with E-state index in [9.17, 15) is 13.2 Å². The lowest BCUT2D eigenvalue weighted by atomic mass is 9.88. The zero-order valence-corrected chi connectivity index (χ0v) is 14.9. The number of piperidine rings is 1. The van der Waals surface area contributed by atoms with Crippen molar-refractivity contribution in [3.63, 3.8) is 0 Å². The lowest BCUT2D eigenvalue weighted by Crippen LogP contribution is -2.41. The van der Waals surface area contributed by atoms with Crippen molar-refractivity contribution in [3.05, 3.63) is 36.3 Å². The van der Waals surface area contributed by atoms with E-state index in [1.165, 1.54) is 6.19 Å². The van der Waals surface area contributed by atoms with Gasteiger partial charge in [-0.05, 0) is 30.5 Å². The molecule has 144 valence electrons. The van der Waals surface area contributed by atoms with Crippen LogP contribution in [-0.2, 0) is 0 Å². The Morgan fingerprint density at radius 1 is 1.36 bits per heavy atom. The van der Waals surface area contributed by atoms with Crippen molar-refractivity contribution in [2.24, 2.45) is 4.99 Å². The van der Waals surface area contributed by atoms with Crippen molar-refractivity contribution >= 4 is 27.8 Å². The molecule has 0 spiro atoms. The molecule has 1 unspecified atom stereocenters. The van der Waals surface area contributed by atoms with E-state index >= 15 is 0 Å². The number of likely N-dealkylation sites (tertiary alicyclic amines) is 1. The fourth-order valence-electron chi connectivity index (χ4n) is 3.94. The Hall–Kier alpha value is -3.15. The first-order chi connectivity index (χ1) is 13.5. The summed E-state index contributed by atoms with van der Waals surface area (Å²) in [6, 6.07) is 3.86. The van der Waals surface area contributed by atoms with E-state index in [1.807, 2.05) is 18.3 Å². The van der Waals surface area contributed by atoms with E-state index in [1.54, 1.807) is 17.3 Å². The standard InChI is InChI=1S/C19H17F3N6/c20-19(21,22)8-16(27-11-23)28-7-1-2-12(10-28)13-3-5-24-15-9-26-18-14(17(13)15)4-6-25-18/h3-6,9,12H,1-2,7-8,10H2,(H,25,26). The SMILES string of the molecule is N#CN=C(CC(F)(F)F)N1CCCC(c2ccnc3cnc4[nH]ccc4c23)C1. The third-order valence-electron chi connectivity index (χ3n) is 5.09. The largest absolute Gasteiger partial charge is 0.396 e. The van der Waals surface area contributed by atoms with Crippen molar-refractivity contribution < 1.29 is 13.2 Å². The lowest BCUT2D eigenvalue weighted by Gasteiger charge is -2.35. The number of aromatic amines is 1. The number of hydrogen-bond acceptors (Lipinski definition) is 4. The van der Waals surface area contributed by atoms with Crippen LogP contribution in [0.15, 0.2) is 35.7 Å². The number of aromatic nitrogens is 3. The second-order valence-electron chi connectivity index (χ2n) is 6.86. The molecule has 0 radical (unpaired) electrons. The molecule has 0 amide bonds. The second kappa shape index (κ2) is 7.11. The first-order valence-electron chi connectivity index (χ1n) is 8.94. The molecule has 9 heteroatoms. The molecule has 4 rings (SSSR count). The average Bonchev–Trinajstić information content (AvgIpc) is 3.15. The maximum absolute atomic E-state index is 12.9. The van der Waals surface area contributed by atoms with Crippen LogP contribution < -0.4 is 0 Å². The molecule has 0 saturated carbocycles. The number of nitrogens with one attached hydrogen (secondary N) is 1. The maximum Gasteiger partial charge on any atom is 0.396 e. The minimum Gasteiger partial charge on any atom is -0.358 e. The summed E-state index contributed by atoms with van der Waals surface area (Å²) >= 11 is 0. The average molecular weight is 386 g/mol. The van der Waals surface area contributed by atoms with Gasteiger partial charge in [0.2, 0.25) is 6.19 Å². The molecule has 1 aliphatic rings. The highest BCUT2D eigenvalue weighted by Gasteiger charge is 2.34. The highest BCUT2D eigenvalue weighted by Crippen LogP contribution is 2.35. The number of fused-ring (bicyclic) bond motifs is 3. The summed E-state index contributed by atoms with van der Waals surface area (Å²) in [5.41, 5.74) is 2.53. The van der Waals surface area contributed by atoms with E-state index in [2.05, 4.69) is 19.9 Å². The first kappa shape index (κ1) is 18.2. The summed E-state index contributed by atoms with van der Waals surface area (Å²) in [5.74, 6) is -0.205. The second-order valence-corrected chi connectivity index (χ2v) is 6.86. The van der Waals surface area contributed by atoms with Crippen LogP contribution in [0.2, 0.25) is 0 Å². The predicted molar refractivity (Wildman–Crippen MR) is 98.7 cm³/mol. The monoisotopic (exact) mass is 386 g/mol. The summed E-state index contributed by atoms with van der Waals surface area (Å²) in [6.45, 7) is 0.835. The first-order valence-corrected chi connectivity index (χ1v) is 8.94. The maximum atomic E-state index is 12.9. The summed E-state index contributed by atoms with van der Waals surface area (Å²) in [5, 5.41) is 10.7. The van der Waals surface area contributed by atoms with Crippen LogP contribution in [-0.4, -0.2) is 45.0 Å². The van der Waals surface area contributed by atoms with Crippen molar-refractivity contribution in [1.82, 2.24) is 19.9 Å². The van der Waals surface area contributed by atoms with Gasteiger partial charge in [-0.2, -0.15) is 23.4 Å². The molecular weight excluding hydrogens is 369 g/mol. The Labute approximate surface area is 158 Å². The van der Waals surface area contributed by atoms with Crippen molar-refractivity contribution in [2.75, 3.05) is 13.1 Å².